The quantitative estimate of drug-likeness (QED) is 0.623. The van der Waals surface area contributed by atoms with Crippen LogP contribution in [-0.4, -0.2) is 5.84 Å². The Hall–Kier alpha value is -0.730. The second-order valence-electron chi connectivity index (χ2n) is 2.95. The van der Waals surface area contributed by atoms with Crippen molar-refractivity contribution in [3.63, 3.8) is 0 Å². The Morgan fingerprint density at radius 2 is 2.14 bits per heavy atom. The molecule has 0 saturated heterocycles. The van der Waals surface area contributed by atoms with Crippen LogP contribution in [0, 0.1) is 0 Å². The molecule has 76 valence electrons. The van der Waals surface area contributed by atoms with Crippen molar-refractivity contribution < 1.29 is 0 Å². The van der Waals surface area contributed by atoms with Crippen LogP contribution in [0.15, 0.2) is 23.2 Å². The van der Waals surface area contributed by atoms with Crippen LogP contribution in [-0.2, 0) is 0 Å². The smallest absolute Gasteiger partial charge is 0.0996 e. The number of benzene rings is 1. The Kier molecular flexibility index (Phi) is 4.23. The number of nitrogens with zero attached hydrogens (tertiary/aromatic N) is 1. The summed E-state index contributed by atoms with van der Waals surface area (Å²) in [5, 5.41) is 1.17. The lowest BCUT2D eigenvalue weighted by Crippen LogP contribution is -2.09. The van der Waals surface area contributed by atoms with E-state index in [9.17, 15) is 0 Å². The van der Waals surface area contributed by atoms with E-state index < -0.39 is 0 Å². The predicted octanol–water partition coefficient (Wildman–Crippen LogP) is 3.78. The van der Waals surface area contributed by atoms with Gasteiger partial charge in [-0.3, -0.25) is 0 Å². The van der Waals surface area contributed by atoms with Gasteiger partial charge in [0.1, 0.15) is 0 Å². The van der Waals surface area contributed by atoms with Crippen LogP contribution in [0.3, 0.4) is 0 Å². The average molecular weight is 231 g/mol. The Bertz CT molecular complexity index is 348. The number of amidine groups is 1. The van der Waals surface area contributed by atoms with Gasteiger partial charge in [0.05, 0.1) is 16.5 Å². The molecule has 2 N–H and O–H groups in total. The first kappa shape index (κ1) is 11.3. The number of hydrogen-bond donors (Lipinski definition) is 1. The van der Waals surface area contributed by atoms with Crippen LogP contribution in [0.5, 0.6) is 0 Å². The zero-order valence-corrected chi connectivity index (χ0v) is 9.44. The van der Waals surface area contributed by atoms with E-state index in [1.807, 2.05) is 6.92 Å². The van der Waals surface area contributed by atoms with Crippen LogP contribution in [0.2, 0.25) is 10.0 Å². The minimum Gasteiger partial charge on any atom is -0.387 e. The Labute approximate surface area is 93.7 Å². The molecule has 0 fully saturated rings. The minimum absolute atomic E-state index is 0.563. The van der Waals surface area contributed by atoms with Gasteiger partial charge in [-0.2, -0.15) is 0 Å². The largest absolute Gasteiger partial charge is 0.387 e. The Morgan fingerprint density at radius 3 is 2.79 bits per heavy atom. The summed E-state index contributed by atoms with van der Waals surface area (Å²) in [6, 6.07) is 5.13. The Balaban J connectivity index is 2.95. The van der Waals surface area contributed by atoms with Gasteiger partial charge in [0, 0.05) is 11.4 Å². The first-order valence-electron chi connectivity index (χ1n) is 4.41. The summed E-state index contributed by atoms with van der Waals surface area (Å²) in [6.07, 6.45) is 1.73. The molecular weight excluding hydrogens is 219 g/mol. The van der Waals surface area contributed by atoms with Gasteiger partial charge in [-0.25, -0.2) is 4.99 Å². The van der Waals surface area contributed by atoms with E-state index in [4.69, 9.17) is 28.9 Å². The minimum atomic E-state index is 0.563. The van der Waals surface area contributed by atoms with E-state index >= 15 is 0 Å². The zero-order chi connectivity index (χ0) is 10.6. The van der Waals surface area contributed by atoms with Gasteiger partial charge in [0.2, 0.25) is 0 Å². The van der Waals surface area contributed by atoms with Gasteiger partial charge in [0.15, 0.2) is 0 Å². The molecule has 2 nitrogen and oxygen atoms in total. The first-order valence-corrected chi connectivity index (χ1v) is 5.17. The number of halogens is 2. The third-order valence-electron chi connectivity index (χ3n) is 1.68. The van der Waals surface area contributed by atoms with Gasteiger partial charge in [-0.05, 0) is 24.6 Å². The van der Waals surface area contributed by atoms with E-state index in [1.54, 1.807) is 18.2 Å². The fourth-order valence-electron chi connectivity index (χ4n) is 1.04. The fraction of sp³-hybridized carbons (Fsp3) is 0.300. The van der Waals surface area contributed by atoms with Crippen molar-refractivity contribution in [1.29, 1.82) is 0 Å². The van der Waals surface area contributed by atoms with E-state index in [-0.39, 0.29) is 0 Å². The molecule has 0 aromatic heterocycles. The van der Waals surface area contributed by atoms with Crippen molar-refractivity contribution in [2.45, 2.75) is 19.8 Å². The summed E-state index contributed by atoms with van der Waals surface area (Å²) in [4.78, 5) is 4.19. The van der Waals surface area contributed by atoms with Gasteiger partial charge >= 0.3 is 0 Å². The first-order chi connectivity index (χ1) is 6.63. The molecule has 0 saturated carbocycles. The van der Waals surface area contributed by atoms with Gasteiger partial charge in [-0.15, -0.1) is 0 Å². The molecule has 0 unspecified atom stereocenters. The number of rotatable bonds is 3. The highest BCUT2D eigenvalue weighted by molar-refractivity contribution is 6.35. The lowest BCUT2D eigenvalue weighted by Gasteiger charge is -2.01. The van der Waals surface area contributed by atoms with Crippen LogP contribution in [0.25, 0.3) is 0 Å². The summed E-state index contributed by atoms with van der Waals surface area (Å²) in [6.45, 7) is 2.04. The fourth-order valence-corrected chi connectivity index (χ4v) is 1.36. The zero-order valence-electron chi connectivity index (χ0n) is 7.93. The number of hydrogen-bond acceptors (Lipinski definition) is 1. The highest BCUT2D eigenvalue weighted by Crippen LogP contribution is 2.28. The molecule has 0 radical (unpaired) electrons. The van der Waals surface area contributed by atoms with Gasteiger partial charge in [0.25, 0.3) is 0 Å². The second-order valence-corrected chi connectivity index (χ2v) is 3.79. The third kappa shape index (κ3) is 3.20. The molecule has 1 aromatic rings. The monoisotopic (exact) mass is 230 g/mol. The van der Waals surface area contributed by atoms with Gasteiger partial charge < -0.3 is 5.73 Å². The molecule has 0 spiro atoms. The van der Waals surface area contributed by atoms with E-state index in [0.29, 0.717) is 21.6 Å². The van der Waals surface area contributed by atoms with E-state index in [1.165, 1.54) is 0 Å². The van der Waals surface area contributed by atoms with Crippen molar-refractivity contribution in [3.8, 4) is 0 Å². The van der Waals surface area contributed by atoms with E-state index in [2.05, 4.69) is 4.99 Å². The van der Waals surface area contributed by atoms with Crippen LogP contribution >= 0.6 is 23.2 Å². The molecule has 0 aliphatic carbocycles. The lowest BCUT2D eigenvalue weighted by molar-refractivity contribution is 0.983. The predicted molar refractivity (Wildman–Crippen MR) is 62.7 cm³/mol. The van der Waals surface area contributed by atoms with Crippen LogP contribution in [0.1, 0.15) is 19.8 Å². The van der Waals surface area contributed by atoms with Crippen LogP contribution < -0.4 is 5.73 Å². The molecule has 0 aliphatic heterocycles. The maximum atomic E-state index is 5.92. The van der Waals surface area contributed by atoms with Crippen molar-refractivity contribution >= 4 is 34.7 Å². The molecule has 1 aromatic carbocycles. The topological polar surface area (TPSA) is 38.4 Å². The molecule has 0 heterocycles. The van der Waals surface area contributed by atoms with Crippen molar-refractivity contribution in [2.75, 3.05) is 0 Å². The maximum absolute atomic E-state index is 5.92. The molecule has 14 heavy (non-hydrogen) atoms. The number of nitrogens with two attached hydrogens (primary N) is 1. The van der Waals surface area contributed by atoms with Gasteiger partial charge in [-0.1, -0.05) is 30.1 Å². The molecular formula is C10H12Cl2N2. The van der Waals surface area contributed by atoms with E-state index in [0.717, 1.165) is 12.8 Å². The van der Waals surface area contributed by atoms with Crippen molar-refractivity contribution in [1.82, 2.24) is 0 Å². The highest BCUT2D eigenvalue weighted by atomic mass is 35.5. The maximum Gasteiger partial charge on any atom is 0.0996 e. The highest BCUT2D eigenvalue weighted by Gasteiger charge is 2.00. The van der Waals surface area contributed by atoms with Crippen molar-refractivity contribution in [3.05, 3.63) is 28.2 Å². The molecule has 0 atom stereocenters. The average Bonchev–Trinajstić information content (AvgIpc) is 2.12. The summed E-state index contributed by atoms with van der Waals surface area (Å²) in [5.74, 6) is 0.580. The molecule has 0 amide bonds. The summed E-state index contributed by atoms with van der Waals surface area (Å²) in [7, 11) is 0. The molecule has 4 heteroatoms. The van der Waals surface area contributed by atoms with Crippen molar-refractivity contribution in [2.24, 2.45) is 10.7 Å². The second kappa shape index (κ2) is 5.23. The SMILES string of the molecule is CCCC(N)=Nc1cc(Cl)ccc1Cl. The molecule has 0 bridgehead atoms. The normalized spacial score (nSPS) is 11.8. The summed E-state index contributed by atoms with van der Waals surface area (Å²) >= 11 is 11.7. The summed E-state index contributed by atoms with van der Waals surface area (Å²) < 4.78 is 0. The molecule has 0 aliphatic rings. The van der Waals surface area contributed by atoms with Crippen LogP contribution in [0.4, 0.5) is 5.69 Å². The number of aliphatic imine (C=N–C) groups is 1. The third-order valence-corrected chi connectivity index (χ3v) is 2.23. The Morgan fingerprint density at radius 1 is 1.43 bits per heavy atom. The summed E-state index contributed by atoms with van der Waals surface area (Å²) in [5.41, 5.74) is 6.31. The lowest BCUT2D eigenvalue weighted by atomic mass is 10.3. The molecule has 1 rings (SSSR count). The standard InChI is InChI=1S/C10H12Cl2N2/c1-2-3-10(13)14-9-6-7(11)4-5-8(9)12/h4-6H,2-3H2,1H3,(H2,13,14).